The van der Waals surface area contributed by atoms with Crippen molar-refractivity contribution in [1.29, 1.82) is 0 Å². The van der Waals surface area contributed by atoms with Crippen LogP contribution in [0.25, 0.3) is 0 Å². The third kappa shape index (κ3) is 3.07. The minimum absolute atomic E-state index is 0.148. The SMILES string of the molecule is Cc1ccc(N)cc1S(=O)Cc1c(F)ccc(Br)c1F. The topological polar surface area (TPSA) is 43.1 Å². The first-order valence-corrected chi connectivity index (χ1v) is 7.88. The summed E-state index contributed by atoms with van der Waals surface area (Å²) in [5, 5.41) is 0. The molecule has 2 aromatic carbocycles. The summed E-state index contributed by atoms with van der Waals surface area (Å²) in [5.74, 6) is -1.66. The molecule has 2 N–H and O–H groups in total. The van der Waals surface area contributed by atoms with Gasteiger partial charge in [-0.15, -0.1) is 0 Å². The van der Waals surface area contributed by atoms with Gasteiger partial charge in [-0.05, 0) is 52.7 Å². The molecule has 1 unspecified atom stereocenters. The standard InChI is InChI=1S/C14H12BrF2NOS/c1-8-2-3-9(18)6-13(8)20(19)7-10-12(16)5-4-11(15)14(10)17/h2-6H,7,18H2,1H3. The van der Waals surface area contributed by atoms with Crippen molar-refractivity contribution < 1.29 is 13.0 Å². The number of halogens is 3. The number of hydrogen-bond donors (Lipinski definition) is 1. The summed E-state index contributed by atoms with van der Waals surface area (Å²) in [4.78, 5) is 0.490. The highest BCUT2D eigenvalue weighted by Gasteiger charge is 2.17. The molecule has 0 saturated heterocycles. The summed E-state index contributed by atoms with van der Waals surface area (Å²) in [6, 6.07) is 7.42. The van der Waals surface area contributed by atoms with Crippen molar-refractivity contribution in [3.63, 3.8) is 0 Å². The van der Waals surface area contributed by atoms with Crippen molar-refractivity contribution >= 4 is 32.4 Å². The second-order valence-corrected chi connectivity index (χ2v) is 6.61. The number of hydrogen-bond acceptors (Lipinski definition) is 2. The van der Waals surface area contributed by atoms with Crippen LogP contribution >= 0.6 is 15.9 Å². The van der Waals surface area contributed by atoms with E-state index < -0.39 is 22.4 Å². The van der Waals surface area contributed by atoms with E-state index in [2.05, 4.69) is 15.9 Å². The monoisotopic (exact) mass is 359 g/mol. The molecular formula is C14H12BrF2NOS. The van der Waals surface area contributed by atoms with E-state index in [1.807, 2.05) is 0 Å². The number of nitrogens with two attached hydrogens (primary N) is 1. The fourth-order valence-electron chi connectivity index (χ4n) is 1.77. The molecule has 2 nitrogen and oxygen atoms in total. The summed E-state index contributed by atoms with van der Waals surface area (Å²) in [7, 11) is -1.57. The zero-order valence-corrected chi connectivity index (χ0v) is 13.0. The largest absolute Gasteiger partial charge is 0.399 e. The Morgan fingerprint density at radius 1 is 1.25 bits per heavy atom. The Morgan fingerprint density at radius 3 is 2.65 bits per heavy atom. The van der Waals surface area contributed by atoms with Crippen LogP contribution in [-0.4, -0.2) is 4.21 Å². The Labute approximate surface area is 126 Å². The van der Waals surface area contributed by atoms with Gasteiger partial charge in [0, 0.05) is 16.1 Å². The van der Waals surface area contributed by atoms with Crippen molar-refractivity contribution in [2.75, 3.05) is 5.73 Å². The number of anilines is 1. The number of rotatable bonds is 3. The molecule has 0 saturated carbocycles. The number of aryl methyl sites for hydroxylation is 1. The van der Waals surface area contributed by atoms with Crippen LogP contribution in [0.4, 0.5) is 14.5 Å². The molecule has 106 valence electrons. The second kappa shape index (κ2) is 6.01. The van der Waals surface area contributed by atoms with E-state index in [0.29, 0.717) is 10.6 Å². The van der Waals surface area contributed by atoms with Crippen LogP contribution in [0, 0.1) is 18.6 Å². The molecule has 20 heavy (non-hydrogen) atoms. The quantitative estimate of drug-likeness (QED) is 0.666. The predicted octanol–water partition coefficient (Wildman–Crippen LogP) is 3.93. The lowest BCUT2D eigenvalue weighted by molar-refractivity contribution is 0.560. The lowest BCUT2D eigenvalue weighted by Gasteiger charge is -2.09. The molecule has 0 aliphatic carbocycles. The Balaban J connectivity index is 2.38. The summed E-state index contributed by atoms with van der Waals surface area (Å²) in [6.07, 6.45) is 0. The van der Waals surface area contributed by atoms with Gasteiger partial charge >= 0.3 is 0 Å². The van der Waals surface area contributed by atoms with Crippen LogP contribution in [0.1, 0.15) is 11.1 Å². The molecule has 0 aliphatic heterocycles. The van der Waals surface area contributed by atoms with Gasteiger partial charge in [-0.1, -0.05) is 6.07 Å². The summed E-state index contributed by atoms with van der Waals surface area (Å²) in [5.41, 5.74) is 6.70. The average Bonchev–Trinajstić information content (AvgIpc) is 2.41. The molecule has 0 radical (unpaired) electrons. The molecule has 6 heteroatoms. The van der Waals surface area contributed by atoms with Gasteiger partial charge in [0.15, 0.2) is 0 Å². The summed E-state index contributed by atoms with van der Waals surface area (Å²) < 4.78 is 40.0. The second-order valence-electron chi connectivity index (χ2n) is 4.34. The molecule has 0 aromatic heterocycles. The van der Waals surface area contributed by atoms with E-state index in [9.17, 15) is 13.0 Å². The number of benzene rings is 2. The van der Waals surface area contributed by atoms with Crippen LogP contribution in [-0.2, 0) is 16.6 Å². The zero-order chi connectivity index (χ0) is 14.9. The Kier molecular flexibility index (Phi) is 4.55. The normalized spacial score (nSPS) is 12.4. The van der Waals surface area contributed by atoms with Crippen molar-refractivity contribution in [3.8, 4) is 0 Å². The molecule has 0 heterocycles. The Morgan fingerprint density at radius 2 is 1.95 bits per heavy atom. The van der Waals surface area contributed by atoms with Crippen LogP contribution in [0.5, 0.6) is 0 Å². The minimum Gasteiger partial charge on any atom is -0.399 e. The zero-order valence-electron chi connectivity index (χ0n) is 10.6. The van der Waals surface area contributed by atoms with E-state index in [1.54, 1.807) is 25.1 Å². The number of nitrogen functional groups attached to an aromatic ring is 1. The molecule has 2 aromatic rings. The van der Waals surface area contributed by atoms with Crippen LogP contribution in [0.3, 0.4) is 0 Å². The third-order valence-electron chi connectivity index (χ3n) is 2.87. The first kappa shape index (κ1) is 15.1. The lowest BCUT2D eigenvalue weighted by atomic mass is 10.2. The summed E-state index contributed by atoms with van der Waals surface area (Å²) in [6.45, 7) is 1.78. The van der Waals surface area contributed by atoms with E-state index in [1.165, 1.54) is 6.07 Å². The molecule has 2 rings (SSSR count). The maximum Gasteiger partial charge on any atom is 0.144 e. The summed E-state index contributed by atoms with van der Waals surface area (Å²) >= 11 is 2.99. The molecule has 0 aliphatic rings. The van der Waals surface area contributed by atoms with Gasteiger partial charge in [0.2, 0.25) is 0 Å². The highest BCUT2D eigenvalue weighted by atomic mass is 79.9. The highest BCUT2D eigenvalue weighted by molar-refractivity contribution is 9.10. The Hall–Kier alpha value is -1.27. The molecule has 0 amide bonds. The van der Waals surface area contributed by atoms with Gasteiger partial charge in [-0.2, -0.15) is 0 Å². The van der Waals surface area contributed by atoms with Gasteiger partial charge in [0.1, 0.15) is 11.6 Å². The fourth-order valence-corrected chi connectivity index (χ4v) is 3.52. The highest BCUT2D eigenvalue weighted by Crippen LogP contribution is 2.25. The minimum atomic E-state index is -1.57. The first-order chi connectivity index (χ1) is 9.40. The molecule has 0 fully saturated rings. The predicted molar refractivity (Wildman–Crippen MR) is 79.8 cm³/mol. The van der Waals surface area contributed by atoms with Gasteiger partial charge in [0.25, 0.3) is 0 Å². The maximum absolute atomic E-state index is 13.9. The van der Waals surface area contributed by atoms with Crippen molar-refractivity contribution in [3.05, 3.63) is 57.6 Å². The molecule has 0 bridgehead atoms. The molecule has 0 spiro atoms. The van der Waals surface area contributed by atoms with E-state index in [-0.39, 0.29) is 15.8 Å². The molecular weight excluding hydrogens is 348 g/mol. The molecule has 1 atom stereocenters. The lowest BCUT2D eigenvalue weighted by Crippen LogP contribution is -2.04. The maximum atomic E-state index is 13.9. The third-order valence-corrected chi connectivity index (χ3v) is 4.97. The smallest absolute Gasteiger partial charge is 0.144 e. The van der Waals surface area contributed by atoms with Crippen molar-refractivity contribution in [1.82, 2.24) is 0 Å². The van der Waals surface area contributed by atoms with E-state index in [4.69, 9.17) is 5.73 Å². The van der Waals surface area contributed by atoms with Crippen LogP contribution in [0.15, 0.2) is 39.7 Å². The van der Waals surface area contributed by atoms with Crippen LogP contribution in [0.2, 0.25) is 0 Å². The van der Waals surface area contributed by atoms with Crippen molar-refractivity contribution in [2.24, 2.45) is 0 Å². The van der Waals surface area contributed by atoms with E-state index >= 15 is 0 Å². The van der Waals surface area contributed by atoms with Crippen molar-refractivity contribution in [2.45, 2.75) is 17.6 Å². The van der Waals surface area contributed by atoms with Gasteiger partial charge in [-0.25, -0.2) is 8.78 Å². The van der Waals surface area contributed by atoms with E-state index in [0.717, 1.165) is 11.6 Å². The van der Waals surface area contributed by atoms with Gasteiger partial charge < -0.3 is 5.73 Å². The Bertz CT molecular complexity index is 691. The van der Waals surface area contributed by atoms with Gasteiger partial charge in [-0.3, -0.25) is 4.21 Å². The van der Waals surface area contributed by atoms with Gasteiger partial charge in [0.05, 0.1) is 21.0 Å². The first-order valence-electron chi connectivity index (χ1n) is 5.77. The fraction of sp³-hybridized carbons (Fsp3) is 0.143. The van der Waals surface area contributed by atoms with Crippen LogP contribution < -0.4 is 5.73 Å². The average molecular weight is 360 g/mol.